The molecule has 0 saturated carbocycles. The Hall–Kier alpha value is -1.00. The lowest BCUT2D eigenvalue weighted by Gasteiger charge is -2.22. The Balaban J connectivity index is 2.66. The van der Waals surface area contributed by atoms with Gasteiger partial charge in [0, 0.05) is 10.6 Å². The molecule has 0 aliphatic rings. The van der Waals surface area contributed by atoms with Gasteiger partial charge in [0.05, 0.1) is 5.54 Å². The van der Waals surface area contributed by atoms with Crippen LogP contribution in [-0.2, 0) is 4.79 Å². The first kappa shape index (κ1) is 14.1. The van der Waals surface area contributed by atoms with Gasteiger partial charge in [-0.15, -0.1) is 11.8 Å². The van der Waals surface area contributed by atoms with Crippen LogP contribution in [0.1, 0.15) is 20.8 Å². The van der Waals surface area contributed by atoms with Gasteiger partial charge in [-0.3, -0.25) is 4.79 Å². The van der Waals surface area contributed by atoms with E-state index >= 15 is 0 Å². The van der Waals surface area contributed by atoms with Gasteiger partial charge >= 0.3 is 0 Å². The highest BCUT2D eigenvalue weighted by Gasteiger charge is 2.24. The lowest BCUT2D eigenvalue weighted by atomic mass is 10.1. The van der Waals surface area contributed by atoms with Crippen LogP contribution in [0.3, 0.4) is 0 Å². The molecule has 0 bridgehead atoms. The highest BCUT2D eigenvalue weighted by atomic mass is 32.2. The number of carbonyl (C=O) groups excluding carboxylic acids is 1. The smallest absolute Gasteiger partial charge is 0.244 e. The molecule has 94 valence electrons. The Morgan fingerprint density at radius 2 is 1.88 bits per heavy atom. The largest absolute Gasteiger partial charge is 0.325 e. The van der Waals surface area contributed by atoms with Crippen molar-refractivity contribution in [2.24, 2.45) is 0 Å². The third-order valence-electron chi connectivity index (χ3n) is 2.62. The number of hydrogen-bond donors (Lipinski definition) is 2. The molecule has 0 fully saturated rings. The maximum absolute atomic E-state index is 11.9. The summed E-state index contributed by atoms with van der Waals surface area (Å²) in [5.41, 5.74) is 0.274. The number of hydrogen-bond acceptors (Lipinski definition) is 3. The van der Waals surface area contributed by atoms with E-state index in [0.29, 0.717) is 0 Å². The SMILES string of the molecule is CCSc1ccc(NC(=O)C(C)(C)NC)cc1. The molecule has 0 radical (unpaired) electrons. The van der Waals surface area contributed by atoms with Crippen LogP contribution in [0, 0.1) is 0 Å². The summed E-state index contributed by atoms with van der Waals surface area (Å²) < 4.78 is 0. The van der Waals surface area contributed by atoms with Gasteiger partial charge in [0.15, 0.2) is 0 Å². The van der Waals surface area contributed by atoms with Gasteiger partial charge in [-0.25, -0.2) is 0 Å². The van der Waals surface area contributed by atoms with Crippen molar-refractivity contribution in [2.75, 3.05) is 18.1 Å². The van der Waals surface area contributed by atoms with E-state index in [1.807, 2.05) is 38.1 Å². The van der Waals surface area contributed by atoms with E-state index in [-0.39, 0.29) is 5.91 Å². The molecule has 1 rings (SSSR count). The second kappa shape index (κ2) is 6.07. The zero-order valence-corrected chi connectivity index (χ0v) is 11.6. The van der Waals surface area contributed by atoms with Crippen molar-refractivity contribution in [3.63, 3.8) is 0 Å². The van der Waals surface area contributed by atoms with Gasteiger partial charge in [-0.2, -0.15) is 0 Å². The van der Waals surface area contributed by atoms with E-state index in [2.05, 4.69) is 17.6 Å². The zero-order valence-electron chi connectivity index (χ0n) is 10.8. The summed E-state index contributed by atoms with van der Waals surface area (Å²) in [7, 11) is 1.78. The van der Waals surface area contributed by atoms with Crippen molar-refractivity contribution < 1.29 is 4.79 Å². The van der Waals surface area contributed by atoms with E-state index < -0.39 is 5.54 Å². The first-order valence-electron chi connectivity index (χ1n) is 5.73. The molecule has 2 N–H and O–H groups in total. The number of anilines is 1. The molecule has 1 aromatic carbocycles. The highest BCUT2D eigenvalue weighted by molar-refractivity contribution is 7.99. The lowest BCUT2D eigenvalue weighted by molar-refractivity contribution is -0.121. The number of carbonyl (C=O) groups is 1. The summed E-state index contributed by atoms with van der Waals surface area (Å²) in [5, 5.41) is 5.87. The Morgan fingerprint density at radius 1 is 1.29 bits per heavy atom. The topological polar surface area (TPSA) is 41.1 Å². The van der Waals surface area contributed by atoms with Crippen LogP contribution in [0.15, 0.2) is 29.2 Å². The van der Waals surface area contributed by atoms with Gasteiger partial charge in [-0.05, 0) is 50.9 Å². The van der Waals surface area contributed by atoms with Gasteiger partial charge in [0.25, 0.3) is 0 Å². The van der Waals surface area contributed by atoms with Crippen molar-refractivity contribution >= 4 is 23.4 Å². The number of thioether (sulfide) groups is 1. The normalized spacial score (nSPS) is 11.3. The maximum Gasteiger partial charge on any atom is 0.244 e. The van der Waals surface area contributed by atoms with Crippen LogP contribution in [0.5, 0.6) is 0 Å². The fourth-order valence-electron chi connectivity index (χ4n) is 1.20. The number of nitrogens with one attached hydrogen (secondary N) is 2. The predicted molar refractivity (Wildman–Crippen MR) is 74.6 cm³/mol. The molecule has 0 heterocycles. The van der Waals surface area contributed by atoms with Crippen LogP contribution in [0.2, 0.25) is 0 Å². The summed E-state index contributed by atoms with van der Waals surface area (Å²) in [5.74, 6) is 1.02. The second-order valence-corrected chi connectivity index (χ2v) is 5.62. The van der Waals surface area contributed by atoms with Crippen molar-refractivity contribution in [3.05, 3.63) is 24.3 Å². The number of benzene rings is 1. The Labute approximate surface area is 107 Å². The van der Waals surface area contributed by atoms with Crippen LogP contribution >= 0.6 is 11.8 Å². The predicted octanol–water partition coefficient (Wildman–Crippen LogP) is 2.74. The monoisotopic (exact) mass is 252 g/mol. The summed E-state index contributed by atoms with van der Waals surface area (Å²) in [4.78, 5) is 13.1. The molecule has 0 aliphatic heterocycles. The molecule has 0 unspecified atom stereocenters. The molecule has 1 amide bonds. The molecule has 0 atom stereocenters. The average Bonchev–Trinajstić information content (AvgIpc) is 2.32. The maximum atomic E-state index is 11.9. The number of likely N-dealkylation sites (N-methyl/N-ethyl adjacent to an activating group) is 1. The van der Waals surface area contributed by atoms with Crippen LogP contribution in [0.4, 0.5) is 5.69 Å². The molecule has 0 aliphatic carbocycles. The van der Waals surface area contributed by atoms with E-state index in [1.165, 1.54) is 4.90 Å². The summed E-state index contributed by atoms with van der Waals surface area (Å²) in [6.07, 6.45) is 0. The van der Waals surface area contributed by atoms with Gasteiger partial charge in [-0.1, -0.05) is 6.92 Å². The third kappa shape index (κ3) is 4.06. The van der Waals surface area contributed by atoms with E-state index in [1.54, 1.807) is 18.8 Å². The van der Waals surface area contributed by atoms with Crippen LogP contribution in [-0.4, -0.2) is 24.2 Å². The summed E-state index contributed by atoms with van der Waals surface area (Å²) >= 11 is 1.79. The molecule has 17 heavy (non-hydrogen) atoms. The molecular formula is C13H20N2OS. The fourth-order valence-corrected chi connectivity index (χ4v) is 1.86. The first-order valence-corrected chi connectivity index (χ1v) is 6.71. The van der Waals surface area contributed by atoms with E-state index in [4.69, 9.17) is 0 Å². The van der Waals surface area contributed by atoms with Crippen LogP contribution < -0.4 is 10.6 Å². The number of amides is 1. The quantitative estimate of drug-likeness (QED) is 0.792. The van der Waals surface area contributed by atoms with Crippen molar-refractivity contribution in [1.29, 1.82) is 0 Å². The Morgan fingerprint density at radius 3 is 2.35 bits per heavy atom. The van der Waals surface area contributed by atoms with Gasteiger partial charge < -0.3 is 10.6 Å². The number of rotatable bonds is 5. The van der Waals surface area contributed by atoms with Crippen molar-refractivity contribution in [2.45, 2.75) is 31.2 Å². The summed E-state index contributed by atoms with van der Waals surface area (Å²) in [6.45, 7) is 5.82. The van der Waals surface area contributed by atoms with Crippen molar-refractivity contribution in [1.82, 2.24) is 5.32 Å². The van der Waals surface area contributed by atoms with Gasteiger partial charge in [0.2, 0.25) is 5.91 Å². The molecule has 0 aromatic heterocycles. The minimum absolute atomic E-state index is 0.0316. The van der Waals surface area contributed by atoms with Crippen LogP contribution in [0.25, 0.3) is 0 Å². The average molecular weight is 252 g/mol. The highest BCUT2D eigenvalue weighted by Crippen LogP contribution is 2.20. The zero-order chi connectivity index (χ0) is 12.9. The molecule has 0 saturated heterocycles. The molecule has 0 spiro atoms. The second-order valence-electron chi connectivity index (χ2n) is 4.29. The minimum atomic E-state index is -0.559. The van der Waals surface area contributed by atoms with Crippen molar-refractivity contribution in [3.8, 4) is 0 Å². The molecule has 4 heteroatoms. The minimum Gasteiger partial charge on any atom is -0.325 e. The Bertz CT molecular complexity index is 374. The van der Waals surface area contributed by atoms with Gasteiger partial charge in [0.1, 0.15) is 0 Å². The molecular weight excluding hydrogens is 232 g/mol. The fraction of sp³-hybridized carbons (Fsp3) is 0.462. The Kier molecular flexibility index (Phi) is 5.02. The molecule has 1 aromatic rings. The third-order valence-corrected chi connectivity index (χ3v) is 3.51. The summed E-state index contributed by atoms with van der Waals surface area (Å²) in [6, 6.07) is 7.91. The first-order chi connectivity index (χ1) is 7.99. The molecule has 3 nitrogen and oxygen atoms in total. The standard InChI is InChI=1S/C13H20N2OS/c1-5-17-11-8-6-10(7-9-11)15-12(16)13(2,3)14-4/h6-9,14H,5H2,1-4H3,(H,15,16). The van der Waals surface area contributed by atoms with E-state index in [9.17, 15) is 4.79 Å². The van der Waals surface area contributed by atoms with E-state index in [0.717, 1.165) is 11.4 Å². The lowest BCUT2D eigenvalue weighted by Crippen LogP contribution is -2.47.